The fourth-order valence-electron chi connectivity index (χ4n) is 3.20. The van der Waals surface area contributed by atoms with Crippen molar-refractivity contribution in [2.45, 2.75) is 45.7 Å². The van der Waals surface area contributed by atoms with Gasteiger partial charge in [-0.15, -0.1) is 0 Å². The lowest BCUT2D eigenvalue weighted by atomic mass is 9.89. The van der Waals surface area contributed by atoms with Crippen LogP contribution < -0.4 is 5.32 Å². The van der Waals surface area contributed by atoms with Crippen molar-refractivity contribution in [2.75, 3.05) is 6.54 Å². The standard InChI is InChI=1S/C17H22N2O2/c1-11-4-5-13(8-12(11)2)10-19-15(20)9-18-16(21)17(19,3)14-6-7-14/h4-5,8,14H,6-7,9-10H2,1-3H3,(H,18,21). The molecule has 4 heteroatoms. The molecule has 0 bridgehead atoms. The third kappa shape index (κ3) is 2.33. The van der Waals surface area contributed by atoms with E-state index < -0.39 is 5.54 Å². The van der Waals surface area contributed by atoms with Crippen molar-refractivity contribution in [3.05, 3.63) is 34.9 Å². The summed E-state index contributed by atoms with van der Waals surface area (Å²) in [6.07, 6.45) is 2.06. The van der Waals surface area contributed by atoms with Gasteiger partial charge in [0.25, 0.3) is 0 Å². The van der Waals surface area contributed by atoms with Gasteiger partial charge in [-0.3, -0.25) is 9.59 Å². The number of hydrogen-bond donors (Lipinski definition) is 1. The van der Waals surface area contributed by atoms with E-state index in [1.165, 1.54) is 11.1 Å². The normalized spacial score (nSPS) is 26.0. The lowest BCUT2D eigenvalue weighted by Crippen LogP contribution is -2.66. The summed E-state index contributed by atoms with van der Waals surface area (Å²) in [7, 11) is 0. The van der Waals surface area contributed by atoms with Crippen molar-refractivity contribution in [3.8, 4) is 0 Å². The monoisotopic (exact) mass is 286 g/mol. The van der Waals surface area contributed by atoms with Crippen molar-refractivity contribution in [3.63, 3.8) is 0 Å². The predicted octanol–water partition coefficient (Wildman–Crippen LogP) is 1.93. The summed E-state index contributed by atoms with van der Waals surface area (Å²) in [5.41, 5.74) is 2.86. The van der Waals surface area contributed by atoms with Crippen LogP contribution in [-0.2, 0) is 16.1 Å². The molecule has 1 aliphatic carbocycles. The van der Waals surface area contributed by atoms with Gasteiger partial charge in [0.1, 0.15) is 5.54 Å². The highest BCUT2D eigenvalue weighted by molar-refractivity contribution is 5.98. The molecule has 4 nitrogen and oxygen atoms in total. The zero-order valence-electron chi connectivity index (χ0n) is 12.9. The Labute approximate surface area is 125 Å². The minimum Gasteiger partial charge on any atom is -0.345 e. The molecule has 2 aliphatic rings. The number of piperazine rings is 1. The highest BCUT2D eigenvalue weighted by Crippen LogP contribution is 2.44. The Morgan fingerprint density at radius 1 is 1.24 bits per heavy atom. The van der Waals surface area contributed by atoms with Crippen LogP contribution in [0.3, 0.4) is 0 Å². The molecular weight excluding hydrogens is 264 g/mol. The molecule has 3 rings (SSSR count). The lowest BCUT2D eigenvalue weighted by Gasteiger charge is -2.44. The molecular formula is C17H22N2O2. The van der Waals surface area contributed by atoms with Gasteiger partial charge in [-0.05, 0) is 56.2 Å². The van der Waals surface area contributed by atoms with Crippen molar-refractivity contribution < 1.29 is 9.59 Å². The van der Waals surface area contributed by atoms with E-state index in [1.54, 1.807) is 4.90 Å². The van der Waals surface area contributed by atoms with Gasteiger partial charge >= 0.3 is 0 Å². The third-order valence-electron chi connectivity index (χ3n) is 5.01. The maximum absolute atomic E-state index is 12.4. The van der Waals surface area contributed by atoms with Crippen LogP contribution in [0, 0.1) is 19.8 Å². The Hall–Kier alpha value is -1.84. The molecule has 1 atom stereocenters. The Morgan fingerprint density at radius 3 is 2.57 bits per heavy atom. The second-order valence-electron chi connectivity index (χ2n) is 6.50. The second-order valence-corrected chi connectivity index (χ2v) is 6.50. The molecule has 2 fully saturated rings. The minimum atomic E-state index is -0.686. The maximum atomic E-state index is 12.4. The molecule has 2 amide bonds. The lowest BCUT2D eigenvalue weighted by molar-refractivity contribution is -0.155. The number of amides is 2. The quantitative estimate of drug-likeness (QED) is 0.923. The Morgan fingerprint density at radius 2 is 1.95 bits per heavy atom. The summed E-state index contributed by atoms with van der Waals surface area (Å²) in [6.45, 7) is 6.70. The first-order valence-corrected chi connectivity index (χ1v) is 7.58. The highest BCUT2D eigenvalue weighted by atomic mass is 16.2. The van der Waals surface area contributed by atoms with Crippen LogP contribution in [0.1, 0.15) is 36.5 Å². The largest absolute Gasteiger partial charge is 0.345 e. The zero-order valence-corrected chi connectivity index (χ0v) is 12.9. The fourth-order valence-corrected chi connectivity index (χ4v) is 3.20. The SMILES string of the molecule is Cc1ccc(CN2C(=O)CNC(=O)C2(C)C2CC2)cc1C. The van der Waals surface area contributed by atoms with E-state index in [-0.39, 0.29) is 18.4 Å². The number of benzene rings is 1. The minimum absolute atomic E-state index is 0.00608. The van der Waals surface area contributed by atoms with Crippen LogP contribution in [0.25, 0.3) is 0 Å². The summed E-state index contributed by atoms with van der Waals surface area (Å²) in [6, 6.07) is 6.24. The maximum Gasteiger partial charge on any atom is 0.246 e. The van der Waals surface area contributed by atoms with Gasteiger partial charge in [-0.25, -0.2) is 0 Å². The van der Waals surface area contributed by atoms with E-state index in [0.717, 1.165) is 18.4 Å². The first-order valence-electron chi connectivity index (χ1n) is 7.58. The van der Waals surface area contributed by atoms with Crippen LogP contribution in [0.4, 0.5) is 0 Å². The van der Waals surface area contributed by atoms with Gasteiger partial charge in [-0.2, -0.15) is 0 Å². The number of carbonyl (C=O) groups is 2. The highest BCUT2D eigenvalue weighted by Gasteiger charge is 2.54. The van der Waals surface area contributed by atoms with Crippen LogP contribution >= 0.6 is 0 Å². The molecule has 21 heavy (non-hydrogen) atoms. The second kappa shape index (κ2) is 4.86. The first-order chi connectivity index (χ1) is 9.92. The van der Waals surface area contributed by atoms with Crippen molar-refractivity contribution in [1.82, 2.24) is 10.2 Å². The number of nitrogens with zero attached hydrogens (tertiary/aromatic N) is 1. The molecule has 1 saturated heterocycles. The Bertz CT molecular complexity index is 607. The van der Waals surface area contributed by atoms with Gasteiger partial charge in [0.2, 0.25) is 11.8 Å². The topological polar surface area (TPSA) is 49.4 Å². The van der Waals surface area contributed by atoms with E-state index >= 15 is 0 Å². The van der Waals surface area contributed by atoms with Gasteiger partial charge < -0.3 is 10.2 Å². The molecule has 1 aliphatic heterocycles. The molecule has 1 heterocycles. The zero-order chi connectivity index (χ0) is 15.2. The molecule has 0 aromatic heterocycles. The van der Waals surface area contributed by atoms with Gasteiger partial charge in [0.15, 0.2) is 0 Å². The van der Waals surface area contributed by atoms with Crippen molar-refractivity contribution in [2.24, 2.45) is 5.92 Å². The van der Waals surface area contributed by atoms with E-state index in [2.05, 4.69) is 37.4 Å². The molecule has 1 aromatic rings. The van der Waals surface area contributed by atoms with Crippen LogP contribution in [0.15, 0.2) is 18.2 Å². The predicted molar refractivity (Wildman–Crippen MR) is 80.6 cm³/mol. The van der Waals surface area contributed by atoms with Gasteiger partial charge in [-0.1, -0.05) is 18.2 Å². The first kappa shape index (κ1) is 14.1. The number of aryl methyl sites for hydroxylation is 2. The van der Waals surface area contributed by atoms with Crippen molar-refractivity contribution >= 4 is 11.8 Å². The van der Waals surface area contributed by atoms with Crippen LogP contribution in [-0.4, -0.2) is 28.8 Å². The van der Waals surface area contributed by atoms with E-state index in [9.17, 15) is 9.59 Å². The number of rotatable bonds is 3. The summed E-state index contributed by atoms with van der Waals surface area (Å²) in [4.78, 5) is 26.5. The van der Waals surface area contributed by atoms with Gasteiger partial charge in [0, 0.05) is 6.54 Å². The van der Waals surface area contributed by atoms with Crippen LogP contribution in [0.2, 0.25) is 0 Å². The molecule has 112 valence electrons. The average molecular weight is 286 g/mol. The number of hydrogen-bond acceptors (Lipinski definition) is 2. The molecule has 0 spiro atoms. The molecule has 0 radical (unpaired) electrons. The number of carbonyl (C=O) groups excluding carboxylic acids is 2. The molecule has 1 N–H and O–H groups in total. The molecule has 1 saturated carbocycles. The van der Waals surface area contributed by atoms with Crippen molar-refractivity contribution in [1.29, 1.82) is 0 Å². The Balaban J connectivity index is 1.91. The van der Waals surface area contributed by atoms with E-state index in [1.807, 2.05) is 6.92 Å². The summed E-state index contributed by atoms with van der Waals surface area (Å²) in [5.74, 6) is 0.309. The average Bonchev–Trinajstić information content (AvgIpc) is 3.28. The molecule has 1 unspecified atom stereocenters. The summed E-state index contributed by atoms with van der Waals surface area (Å²) >= 11 is 0. The third-order valence-corrected chi connectivity index (χ3v) is 5.01. The summed E-state index contributed by atoms with van der Waals surface area (Å²) in [5, 5.41) is 2.75. The van der Waals surface area contributed by atoms with E-state index in [0.29, 0.717) is 12.5 Å². The smallest absolute Gasteiger partial charge is 0.246 e. The van der Waals surface area contributed by atoms with Gasteiger partial charge in [0.05, 0.1) is 6.54 Å². The fraction of sp³-hybridized carbons (Fsp3) is 0.529. The van der Waals surface area contributed by atoms with E-state index in [4.69, 9.17) is 0 Å². The Kier molecular flexibility index (Phi) is 3.27. The van der Waals surface area contributed by atoms with Crippen LogP contribution in [0.5, 0.6) is 0 Å². The summed E-state index contributed by atoms with van der Waals surface area (Å²) < 4.78 is 0. The molecule has 1 aromatic carbocycles. The number of nitrogens with one attached hydrogen (secondary N) is 1.